The molecule has 0 spiro atoms. The molecular formula is C15H18N5O8PS2. The molecule has 0 radical (unpaired) electrons. The molecule has 16 heteroatoms. The number of rotatable bonds is 8. The van der Waals surface area contributed by atoms with Crippen LogP contribution in [0.5, 0.6) is 0 Å². The van der Waals surface area contributed by atoms with Gasteiger partial charge in [-0.2, -0.15) is 0 Å². The van der Waals surface area contributed by atoms with Gasteiger partial charge in [0.05, 0.1) is 0 Å². The van der Waals surface area contributed by atoms with Crippen LogP contribution in [0.15, 0.2) is 23.2 Å². The van der Waals surface area contributed by atoms with Crippen LogP contribution in [0.3, 0.4) is 0 Å². The standard InChI is InChI=1S/C15H18N5O8PS2/c1-2-15(13(23)24)4-20-11(22)9(12(20)31-5-15)18-10(21)8(7-3-30-14(16)17-7)19-28-6-29(25,26)27/h2-3,9,12H,1,4-6H2,(H2,16,17)(H,18,21)(H,23,24)(H2,25,26,27)/t9?,12-,15?/m1/s1. The first kappa shape index (κ1) is 23.2. The van der Waals surface area contributed by atoms with Crippen LogP contribution in [0.2, 0.25) is 0 Å². The van der Waals surface area contributed by atoms with E-state index in [9.17, 15) is 24.1 Å². The lowest BCUT2D eigenvalue weighted by atomic mass is 9.87. The number of oxime groups is 1. The molecule has 6 N–H and O–H groups in total. The predicted octanol–water partition coefficient (Wildman–Crippen LogP) is -0.762. The number of aliphatic carboxylic acids is 1. The fraction of sp³-hybridized carbons (Fsp3) is 0.400. The van der Waals surface area contributed by atoms with E-state index in [2.05, 4.69) is 26.9 Å². The summed E-state index contributed by atoms with van der Waals surface area (Å²) in [6.45, 7) is 3.49. The van der Waals surface area contributed by atoms with Crippen molar-refractivity contribution in [2.45, 2.75) is 11.4 Å². The Bertz CT molecular complexity index is 1010. The molecule has 1 aromatic heterocycles. The van der Waals surface area contributed by atoms with Crippen molar-refractivity contribution in [2.24, 2.45) is 10.6 Å². The molecule has 2 saturated heterocycles. The van der Waals surface area contributed by atoms with Gasteiger partial charge in [0.25, 0.3) is 5.91 Å². The average molecular weight is 491 g/mol. The van der Waals surface area contributed by atoms with E-state index in [-0.39, 0.29) is 23.1 Å². The van der Waals surface area contributed by atoms with Crippen molar-refractivity contribution in [1.29, 1.82) is 0 Å². The Kier molecular flexibility index (Phi) is 6.43. The number of thioether (sulfide) groups is 1. The molecule has 2 aliphatic rings. The second-order valence-electron chi connectivity index (χ2n) is 6.72. The number of nitrogens with zero attached hydrogens (tertiary/aromatic N) is 3. The van der Waals surface area contributed by atoms with E-state index in [4.69, 9.17) is 15.5 Å². The van der Waals surface area contributed by atoms with Gasteiger partial charge >= 0.3 is 13.6 Å². The van der Waals surface area contributed by atoms with Crippen molar-refractivity contribution in [3.63, 3.8) is 0 Å². The molecule has 0 bridgehead atoms. The summed E-state index contributed by atoms with van der Waals surface area (Å²) < 4.78 is 10.9. The number of hydrogen-bond acceptors (Lipinski definition) is 10. The highest BCUT2D eigenvalue weighted by Crippen LogP contribution is 2.42. The summed E-state index contributed by atoms with van der Waals surface area (Å²) in [7, 11) is -4.54. The quantitative estimate of drug-likeness (QED) is 0.100. The van der Waals surface area contributed by atoms with Gasteiger partial charge in [0.15, 0.2) is 10.8 Å². The lowest BCUT2D eigenvalue weighted by Crippen LogP contribution is -2.73. The minimum Gasteiger partial charge on any atom is -0.481 e. The number of anilines is 1. The molecule has 0 aliphatic carbocycles. The van der Waals surface area contributed by atoms with E-state index in [0.717, 1.165) is 11.3 Å². The Morgan fingerprint density at radius 2 is 2.26 bits per heavy atom. The topological polar surface area (TPSA) is 205 Å². The zero-order chi connectivity index (χ0) is 23.0. The maximum Gasteiger partial charge on any atom is 0.365 e. The zero-order valence-electron chi connectivity index (χ0n) is 15.7. The van der Waals surface area contributed by atoms with Gasteiger partial charge in [-0.25, -0.2) is 4.98 Å². The Morgan fingerprint density at radius 3 is 2.81 bits per heavy atom. The first-order valence-corrected chi connectivity index (χ1v) is 12.3. The first-order chi connectivity index (χ1) is 14.5. The highest BCUT2D eigenvalue weighted by Gasteiger charge is 2.56. The average Bonchev–Trinajstić information content (AvgIpc) is 3.13. The molecule has 0 saturated carbocycles. The summed E-state index contributed by atoms with van der Waals surface area (Å²) in [5.74, 6) is -2.27. The monoisotopic (exact) mass is 491 g/mol. The van der Waals surface area contributed by atoms with Crippen LogP contribution in [0, 0.1) is 5.41 Å². The van der Waals surface area contributed by atoms with Crippen LogP contribution in [-0.4, -0.2) is 78.3 Å². The summed E-state index contributed by atoms with van der Waals surface area (Å²) in [5, 5.41) is 16.4. The van der Waals surface area contributed by atoms with Crippen LogP contribution in [0.1, 0.15) is 5.69 Å². The molecule has 168 valence electrons. The van der Waals surface area contributed by atoms with Gasteiger partial charge in [-0.3, -0.25) is 18.9 Å². The molecule has 3 heterocycles. The number of carbonyl (C=O) groups excluding carboxylic acids is 2. The molecule has 13 nitrogen and oxygen atoms in total. The van der Waals surface area contributed by atoms with Crippen LogP contribution in [-0.2, 0) is 23.8 Å². The number of aromatic nitrogens is 1. The minimum atomic E-state index is -4.54. The highest BCUT2D eigenvalue weighted by molar-refractivity contribution is 8.00. The summed E-state index contributed by atoms with van der Waals surface area (Å²) in [4.78, 5) is 64.4. The van der Waals surface area contributed by atoms with Crippen LogP contribution < -0.4 is 11.1 Å². The van der Waals surface area contributed by atoms with Gasteiger partial charge in [0, 0.05) is 17.7 Å². The van der Waals surface area contributed by atoms with E-state index >= 15 is 0 Å². The maximum absolute atomic E-state index is 12.7. The number of hydrogen-bond donors (Lipinski definition) is 5. The molecule has 2 fully saturated rings. The number of nitrogens with one attached hydrogen (secondary N) is 1. The van der Waals surface area contributed by atoms with Crippen LogP contribution >= 0.6 is 30.7 Å². The van der Waals surface area contributed by atoms with Crippen LogP contribution in [0.4, 0.5) is 5.13 Å². The zero-order valence-corrected chi connectivity index (χ0v) is 18.2. The molecule has 3 atom stereocenters. The van der Waals surface area contributed by atoms with Crippen molar-refractivity contribution >= 4 is 59.3 Å². The molecule has 1 aromatic rings. The summed E-state index contributed by atoms with van der Waals surface area (Å²) >= 11 is 2.19. The summed E-state index contributed by atoms with van der Waals surface area (Å²) in [5.41, 5.74) is 3.87. The third-order valence-corrected chi connectivity index (χ3v) is 7.25. The third-order valence-electron chi connectivity index (χ3n) is 4.57. The SMILES string of the molecule is C=CC1(C(=O)O)CS[C@@H]2C(NC(=O)C(=NOCP(=O)(O)O)c3csc(N)n3)C(=O)N2C1. The Balaban J connectivity index is 1.73. The second kappa shape index (κ2) is 8.59. The van der Waals surface area contributed by atoms with E-state index in [1.165, 1.54) is 28.1 Å². The van der Waals surface area contributed by atoms with Gasteiger partial charge in [0.2, 0.25) is 12.3 Å². The Morgan fingerprint density at radius 1 is 1.55 bits per heavy atom. The number of amides is 2. The molecule has 31 heavy (non-hydrogen) atoms. The fourth-order valence-electron chi connectivity index (χ4n) is 2.91. The first-order valence-electron chi connectivity index (χ1n) is 8.53. The molecule has 0 aromatic carbocycles. The van der Waals surface area contributed by atoms with E-state index < -0.39 is 54.3 Å². The molecule has 3 rings (SSSR count). The van der Waals surface area contributed by atoms with Crippen molar-refractivity contribution in [3.05, 3.63) is 23.7 Å². The molecule has 2 unspecified atom stereocenters. The number of nitrogens with two attached hydrogens (primary N) is 1. The number of thiazole rings is 1. The van der Waals surface area contributed by atoms with E-state index in [0.29, 0.717) is 0 Å². The highest BCUT2D eigenvalue weighted by atomic mass is 32.2. The van der Waals surface area contributed by atoms with Crippen molar-refractivity contribution in [1.82, 2.24) is 15.2 Å². The molecular weight excluding hydrogens is 473 g/mol. The van der Waals surface area contributed by atoms with E-state index in [1.807, 2.05) is 0 Å². The molecule has 2 amide bonds. The number of carboxylic acid groups (broad SMARTS) is 1. The van der Waals surface area contributed by atoms with Crippen LogP contribution in [0.25, 0.3) is 0 Å². The Labute approximate surface area is 183 Å². The van der Waals surface area contributed by atoms with Gasteiger partial charge in [-0.1, -0.05) is 11.2 Å². The minimum absolute atomic E-state index is 0.00203. The summed E-state index contributed by atoms with van der Waals surface area (Å²) in [6.07, 6.45) is 0.240. The van der Waals surface area contributed by atoms with Crippen molar-refractivity contribution < 1.29 is 38.7 Å². The van der Waals surface area contributed by atoms with Crippen molar-refractivity contribution in [3.8, 4) is 0 Å². The van der Waals surface area contributed by atoms with Gasteiger partial charge in [-0.05, 0) is 0 Å². The largest absolute Gasteiger partial charge is 0.481 e. The number of carboxylic acids is 1. The van der Waals surface area contributed by atoms with E-state index in [1.54, 1.807) is 0 Å². The lowest BCUT2D eigenvalue weighted by Gasteiger charge is -2.53. The number of β-lactam (4-membered cyclic amide) rings is 1. The number of nitrogen functional groups attached to an aromatic ring is 1. The fourth-order valence-corrected chi connectivity index (χ4v) is 5.21. The van der Waals surface area contributed by atoms with Gasteiger partial charge < -0.3 is 35.7 Å². The summed E-state index contributed by atoms with van der Waals surface area (Å²) in [6, 6.07) is -0.947. The molecule has 2 aliphatic heterocycles. The lowest BCUT2D eigenvalue weighted by molar-refractivity contribution is -0.156. The number of fused-ring (bicyclic) bond motifs is 1. The normalized spacial score (nSPS) is 25.9. The van der Waals surface area contributed by atoms with Crippen molar-refractivity contribution in [2.75, 3.05) is 24.4 Å². The van der Waals surface area contributed by atoms with Gasteiger partial charge in [-0.15, -0.1) is 29.7 Å². The van der Waals surface area contributed by atoms with Gasteiger partial charge in [0.1, 0.15) is 22.5 Å². The predicted molar refractivity (Wildman–Crippen MR) is 111 cm³/mol. The Hall–Kier alpha value is -2.45. The third kappa shape index (κ3) is 4.75. The maximum atomic E-state index is 12.7. The number of carbonyl (C=O) groups is 3. The smallest absolute Gasteiger partial charge is 0.365 e. The second-order valence-corrected chi connectivity index (χ2v) is 10.3.